The van der Waals surface area contributed by atoms with E-state index in [1.807, 2.05) is 6.92 Å². The highest BCUT2D eigenvalue weighted by molar-refractivity contribution is 5.96. The van der Waals surface area contributed by atoms with Gasteiger partial charge in [-0.3, -0.25) is 4.79 Å². The van der Waals surface area contributed by atoms with Crippen molar-refractivity contribution in [3.8, 4) is 5.75 Å². The molecule has 0 saturated heterocycles. The van der Waals surface area contributed by atoms with Crippen LogP contribution >= 0.6 is 0 Å². The topological polar surface area (TPSA) is 84.6 Å². The highest BCUT2D eigenvalue weighted by Crippen LogP contribution is 2.18. The zero-order chi connectivity index (χ0) is 16.8. The van der Waals surface area contributed by atoms with Crippen LogP contribution in [0.15, 0.2) is 28.8 Å². The van der Waals surface area contributed by atoms with Crippen LogP contribution in [-0.4, -0.2) is 29.8 Å². The monoisotopic (exact) mass is 318 g/mol. The fourth-order valence-corrected chi connectivity index (χ4v) is 2.33. The first-order valence-corrected chi connectivity index (χ1v) is 7.62. The molecule has 0 unspecified atom stereocenters. The van der Waals surface area contributed by atoms with Gasteiger partial charge >= 0.3 is 0 Å². The summed E-state index contributed by atoms with van der Waals surface area (Å²) in [7, 11) is 1.58. The number of nitrogens with one attached hydrogen (secondary N) is 1. The van der Waals surface area contributed by atoms with E-state index >= 15 is 0 Å². The van der Waals surface area contributed by atoms with E-state index in [2.05, 4.69) is 10.5 Å². The maximum Gasteiger partial charge on any atom is 0.256 e. The third-order valence-corrected chi connectivity index (χ3v) is 3.59. The predicted octanol–water partition coefficient (Wildman–Crippen LogP) is 2.41. The molecule has 2 rings (SSSR count). The van der Waals surface area contributed by atoms with E-state index < -0.39 is 6.10 Å². The fraction of sp³-hybridized carbons (Fsp3) is 0.412. The van der Waals surface area contributed by atoms with Gasteiger partial charge in [0.05, 0.1) is 18.9 Å². The van der Waals surface area contributed by atoms with Crippen LogP contribution in [0.2, 0.25) is 0 Å². The number of carbonyl (C=O) groups excluding carboxylic acids is 1. The fourth-order valence-electron chi connectivity index (χ4n) is 2.33. The number of hydrogen-bond donors (Lipinski definition) is 2. The number of aliphatic hydroxyl groups is 1. The standard InChI is InChI=1S/C17H22N2O4/c1-4-5-15-16(11(2)19-23-15)17(21)18-10-14(20)12-6-8-13(22-3)9-7-12/h6-9,14,20H,4-5,10H2,1-3H3,(H,18,21)/t14-/m1/s1. The number of rotatable bonds is 7. The summed E-state index contributed by atoms with van der Waals surface area (Å²) in [5.41, 5.74) is 1.74. The van der Waals surface area contributed by atoms with E-state index in [9.17, 15) is 9.90 Å². The average molecular weight is 318 g/mol. The Morgan fingerprint density at radius 2 is 2.09 bits per heavy atom. The minimum absolute atomic E-state index is 0.112. The minimum Gasteiger partial charge on any atom is -0.497 e. The Bertz CT molecular complexity index is 649. The van der Waals surface area contributed by atoms with Crippen LogP contribution in [-0.2, 0) is 6.42 Å². The first kappa shape index (κ1) is 17.0. The first-order valence-electron chi connectivity index (χ1n) is 7.62. The normalized spacial score (nSPS) is 12.0. The van der Waals surface area contributed by atoms with E-state index in [1.54, 1.807) is 38.3 Å². The van der Waals surface area contributed by atoms with E-state index in [0.717, 1.165) is 6.42 Å². The summed E-state index contributed by atoms with van der Waals surface area (Å²) in [6.07, 6.45) is 0.730. The molecule has 1 atom stereocenters. The van der Waals surface area contributed by atoms with Crippen LogP contribution in [0.25, 0.3) is 0 Å². The molecule has 1 heterocycles. The Hall–Kier alpha value is -2.34. The molecule has 1 amide bonds. The second-order valence-corrected chi connectivity index (χ2v) is 5.32. The quantitative estimate of drug-likeness (QED) is 0.819. The highest BCUT2D eigenvalue weighted by atomic mass is 16.5. The van der Waals surface area contributed by atoms with Crippen LogP contribution in [0.4, 0.5) is 0 Å². The molecule has 0 aliphatic rings. The maximum atomic E-state index is 12.3. The molecule has 6 heteroatoms. The summed E-state index contributed by atoms with van der Waals surface area (Å²) >= 11 is 0. The smallest absolute Gasteiger partial charge is 0.256 e. The van der Waals surface area contributed by atoms with Crippen LogP contribution < -0.4 is 10.1 Å². The van der Waals surface area contributed by atoms with E-state index in [1.165, 1.54) is 0 Å². The van der Waals surface area contributed by atoms with Crippen LogP contribution in [0.3, 0.4) is 0 Å². The van der Waals surface area contributed by atoms with Gasteiger partial charge in [-0.15, -0.1) is 0 Å². The van der Waals surface area contributed by atoms with Crippen molar-refractivity contribution in [3.63, 3.8) is 0 Å². The van der Waals surface area contributed by atoms with Crippen LogP contribution in [0.1, 0.15) is 46.8 Å². The molecule has 0 bridgehead atoms. The van der Waals surface area contributed by atoms with Crippen LogP contribution in [0.5, 0.6) is 5.75 Å². The molecule has 0 saturated carbocycles. The first-order chi connectivity index (χ1) is 11.1. The number of amides is 1. The number of ether oxygens (including phenoxy) is 1. The lowest BCUT2D eigenvalue weighted by atomic mass is 10.1. The maximum absolute atomic E-state index is 12.3. The number of methoxy groups -OCH3 is 1. The second-order valence-electron chi connectivity index (χ2n) is 5.32. The molecular weight excluding hydrogens is 296 g/mol. The second kappa shape index (κ2) is 7.78. The van der Waals surface area contributed by atoms with Gasteiger partial charge in [0.25, 0.3) is 5.91 Å². The summed E-state index contributed by atoms with van der Waals surface area (Å²) in [5, 5.41) is 16.8. The van der Waals surface area contributed by atoms with Gasteiger partial charge in [0.1, 0.15) is 17.1 Å². The van der Waals surface area contributed by atoms with Crippen molar-refractivity contribution in [2.24, 2.45) is 0 Å². The van der Waals surface area contributed by atoms with Gasteiger partial charge in [-0.05, 0) is 31.0 Å². The molecule has 1 aromatic heterocycles. The van der Waals surface area contributed by atoms with Gasteiger partial charge in [-0.1, -0.05) is 24.2 Å². The highest BCUT2D eigenvalue weighted by Gasteiger charge is 2.20. The van der Waals surface area contributed by atoms with Crippen molar-refractivity contribution in [1.82, 2.24) is 10.5 Å². The number of carbonyl (C=O) groups is 1. The van der Waals surface area contributed by atoms with Gasteiger partial charge in [-0.25, -0.2) is 0 Å². The summed E-state index contributed by atoms with van der Waals surface area (Å²) in [5.74, 6) is 1.02. The molecule has 0 fully saturated rings. The number of hydrogen-bond acceptors (Lipinski definition) is 5. The summed E-state index contributed by atoms with van der Waals surface area (Å²) in [6.45, 7) is 3.85. The zero-order valence-corrected chi connectivity index (χ0v) is 13.6. The molecule has 2 N–H and O–H groups in total. The number of benzene rings is 1. The molecule has 6 nitrogen and oxygen atoms in total. The Balaban J connectivity index is 1.99. The lowest BCUT2D eigenvalue weighted by molar-refractivity contribution is 0.0913. The Kier molecular flexibility index (Phi) is 5.76. The van der Waals surface area contributed by atoms with E-state index in [0.29, 0.717) is 34.8 Å². The molecule has 0 spiro atoms. The molecule has 124 valence electrons. The molecule has 0 aliphatic carbocycles. The van der Waals surface area contributed by atoms with E-state index in [-0.39, 0.29) is 12.5 Å². The Morgan fingerprint density at radius 3 is 2.70 bits per heavy atom. The third kappa shape index (κ3) is 4.10. The molecule has 2 aromatic rings. The molecule has 1 aromatic carbocycles. The van der Waals surface area contributed by atoms with Gasteiger partial charge < -0.3 is 19.7 Å². The Labute approximate surface area is 135 Å². The van der Waals surface area contributed by atoms with Crippen molar-refractivity contribution in [2.45, 2.75) is 32.8 Å². The van der Waals surface area contributed by atoms with Crippen molar-refractivity contribution >= 4 is 5.91 Å². The number of aryl methyl sites for hydroxylation is 2. The summed E-state index contributed by atoms with van der Waals surface area (Å²) < 4.78 is 10.3. The number of aliphatic hydroxyl groups excluding tert-OH is 1. The van der Waals surface area contributed by atoms with Crippen molar-refractivity contribution < 1.29 is 19.2 Å². The average Bonchev–Trinajstić information content (AvgIpc) is 2.93. The summed E-state index contributed by atoms with van der Waals surface area (Å²) in [6, 6.07) is 7.07. The molecule has 0 aliphatic heterocycles. The SMILES string of the molecule is CCCc1onc(C)c1C(=O)NC[C@@H](O)c1ccc(OC)cc1. The summed E-state index contributed by atoms with van der Waals surface area (Å²) in [4.78, 5) is 12.3. The van der Waals surface area contributed by atoms with Crippen LogP contribution in [0, 0.1) is 6.92 Å². The molecule has 0 radical (unpaired) electrons. The lowest BCUT2D eigenvalue weighted by Gasteiger charge is -2.13. The lowest BCUT2D eigenvalue weighted by Crippen LogP contribution is -2.29. The number of aromatic nitrogens is 1. The Morgan fingerprint density at radius 1 is 1.39 bits per heavy atom. The number of nitrogens with zero attached hydrogens (tertiary/aromatic N) is 1. The largest absolute Gasteiger partial charge is 0.497 e. The third-order valence-electron chi connectivity index (χ3n) is 3.59. The van der Waals surface area contributed by atoms with Gasteiger partial charge in [0.15, 0.2) is 0 Å². The van der Waals surface area contributed by atoms with Crippen molar-refractivity contribution in [3.05, 3.63) is 46.8 Å². The van der Waals surface area contributed by atoms with Crippen molar-refractivity contribution in [1.29, 1.82) is 0 Å². The van der Waals surface area contributed by atoms with E-state index in [4.69, 9.17) is 9.26 Å². The van der Waals surface area contributed by atoms with Gasteiger partial charge in [0.2, 0.25) is 0 Å². The molecular formula is C17H22N2O4. The predicted molar refractivity (Wildman–Crippen MR) is 85.5 cm³/mol. The minimum atomic E-state index is -0.792. The van der Waals surface area contributed by atoms with Gasteiger partial charge in [0, 0.05) is 13.0 Å². The van der Waals surface area contributed by atoms with Gasteiger partial charge in [-0.2, -0.15) is 0 Å². The molecule has 23 heavy (non-hydrogen) atoms. The zero-order valence-electron chi connectivity index (χ0n) is 13.6. The van der Waals surface area contributed by atoms with Crippen molar-refractivity contribution in [2.75, 3.05) is 13.7 Å².